The van der Waals surface area contributed by atoms with Crippen LogP contribution in [0, 0.1) is 11.6 Å². The van der Waals surface area contributed by atoms with Crippen molar-refractivity contribution in [2.45, 2.75) is 13.0 Å². The average molecular weight is 242 g/mol. The number of amides is 1. The maximum absolute atomic E-state index is 13.4. The maximum atomic E-state index is 13.4. The van der Waals surface area contributed by atoms with E-state index in [0.717, 1.165) is 18.2 Å². The van der Waals surface area contributed by atoms with Crippen LogP contribution in [0.4, 0.5) is 8.78 Å². The quantitative estimate of drug-likeness (QED) is 0.871. The monoisotopic (exact) mass is 242 g/mol. The summed E-state index contributed by atoms with van der Waals surface area (Å²) < 4.78 is 26.4. The Labute approximate surface area is 99.4 Å². The first-order valence-electron chi connectivity index (χ1n) is 5.30. The van der Waals surface area contributed by atoms with Crippen molar-refractivity contribution in [3.05, 3.63) is 35.4 Å². The molecule has 1 rings (SSSR count). The predicted octanol–water partition coefficient (Wildman–Crippen LogP) is 1.70. The van der Waals surface area contributed by atoms with Crippen molar-refractivity contribution in [3.8, 4) is 0 Å². The van der Waals surface area contributed by atoms with Crippen LogP contribution in [0.5, 0.6) is 0 Å². The highest BCUT2D eigenvalue weighted by Crippen LogP contribution is 2.17. The van der Waals surface area contributed by atoms with Crippen LogP contribution < -0.4 is 5.32 Å². The Hall–Kier alpha value is -1.49. The Morgan fingerprint density at radius 2 is 2.06 bits per heavy atom. The molecule has 3 nitrogen and oxygen atoms in total. The third-order valence-corrected chi connectivity index (χ3v) is 2.48. The highest BCUT2D eigenvalue weighted by atomic mass is 19.1. The number of benzene rings is 1. The summed E-state index contributed by atoms with van der Waals surface area (Å²) in [4.78, 5) is 12.8. The number of hydrogen-bond acceptors (Lipinski definition) is 2. The van der Waals surface area contributed by atoms with E-state index in [2.05, 4.69) is 5.32 Å². The Morgan fingerprint density at radius 3 is 2.65 bits per heavy atom. The van der Waals surface area contributed by atoms with E-state index in [4.69, 9.17) is 0 Å². The summed E-state index contributed by atoms with van der Waals surface area (Å²) in [5, 5.41) is 2.85. The lowest BCUT2D eigenvalue weighted by atomic mass is 10.1. The molecule has 0 spiro atoms. The third-order valence-electron chi connectivity index (χ3n) is 2.48. The molecule has 0 aliphatic rings. The van der Waals surface area contributed by atoms with Crippen molar-refractivity contribution in [1.29, 1.82) is 0 Å². The van der Waals surface area contributed by atoms with E-state index in [0.29, 0.717) is 0 Å². The summed E-state index contributed by atoms with van der Waals surface area (Å²) in [7, 11) is 3.27. The molecule has 5 heteroatoms. The molecule has 0 bridgehead atoms. The molecule has 0 saturated carbocycles. The van der Waals surface area contributed by atoms with Crippen LogP contribution in [0.15, 0.2) is 18.2 Å². The molecule has 94 valence electrons. The molecule has 0 aromatic heterocycles. The summed E-state index contributed by atoms with van der Waals surface area (Å²) in [6.45, 7) is 1.77. The molecule has 0 heterocycles. The van der Waals surface area contributed by atoms with Crippen molar-refractivity contribution in [1.82, 2.24) is 10.2 Å². The molecule has 1 aromatic carbocycles. The minimum atomic E-state index is -0.492. The summed E-state index contributed by atoms with van der Waals surface area (Å²) in [5.74, 6) is -1.09. The molecule has 0 aliphatic carbocycles. The highest BCUT2D eigenvalue weighted by molar-refractivity contribution is 5.77. The largest absolute Gasteiger partial charge is 0.348 e. The first-order chi connectivity index (χ1) is 7.91. The fourth-order valence-corrected chi connectivity index (χ4v) is 1.35. The molecule has 0 radical (unpaired) electrons. The van der Waals surface area contributed by atoms with Crippen LogP contribution in [-0.2, 0) is 4.79 Å². The minimum absolute atomic E-state index is 0.0874. The minimum Gasteiger partial charge on any atom is -0.348 e. The predicted molar refractivity (Wildman–Crippen MR) is 61.5 cm³/mol. The Bertz CT molecular complexity index is 407. The van der Waals surface area contributed by atoms with Gasteiger partial charge >= 0.3 is 0 Å². The van der Waals surface area contributed by atoms with Gasteiger partial charge in [0.25, 0.3) is 0 Å². The lowest BCUT2D eigenvalue weighted by Gasteiger charge is -2.17. The second kappa shape index (κ2) is 5.72. The van der Waals surface area contributed by atoms with E-state index < -0.39 is 17.7 Å². The van der Waals surface area contributed by atoms with Gasteiger partial charge in [0.1, 0.15) is 11.6 Å². The summed E-state index contributed by atoms with van der Waals surface area (Å²) in [5.41, 5.74) is 0.219. The van der Waals surface area contributed by atoms with Gasteiger partial charge in [-0.05, 0) is 25.1 Å². The number of carbonyl (C=O) groups excluding carboxylic acids is 1. The van der Waals surface area contributed by atoms with Crippen molar-refractivity contribution in [2.24, 2.45) is 0 Å². The van der Waals surface area contributed by atoms with Gasteiger partial charge in [-0.2, -0.15) is 0 Å². The molecule has 1 aromatic rings. The van der Waals surface area contributed by atoms with E-state index in [1.54, 1.807) is 21.0 Å². The maximum Gasteiger partial charge on any atom is 0.236 e. The number of hydrogen-bond donors (Lipinski definition) is 1. The standard InChI is InChI=1S/C12H16F2N2O/c1-8(15-7-12(17)16(2)3)10-6-9(13)4-5-11(10)14/h4-6,8,15H,7H2,1-3H3. The molecular weight excluding hydrogens is 226 g/mol. The number of likely N-dealkylation sites (N-methyl/N-ethyl adjacent to an activating group) is 1. The van der Waals surface area contributed by atoms with Gasteiger partial charge in [-0.3, -0.25) is 4.79 Å². The van der Waals surface area contributed by atoms with E-state index in [1.807, 2.05) is 0 Å². The summed E-state index contributed by atoms with van der Waals surface area (Å²) in [6.07, 6.45) is 0. The fraction of sp³-hybridized carbons (Fsp3) is 0.417. The Kier molecular flexibility index (Phi) is 4.57. The van der Waals surface area contributed by atoms with Gasteiger partial charge in [0, 0.05) is 25.7 Å². The second-order valence-corrected chi connectivity index (χ2v) is 4.06. The zero-order valence-electron chi connectivity index (χ0n) is 10.1. The molecule has 1 unspecified atom stereocenters. The number of nitrogens with zero attached hydrogens (tertiary/aromatic N) is 1. The van der Waals surface area contributed by atoms with Gasteiger partial charge in [-0.25, -0.2) is 8.78 Å². The van der Waals surface area contributed by atoms with Gasteiger partial charge in [0.15, 0.2) is 0 Å². The number of carbonyl (C=O) groups is 1. The van der Waals surface area contributed by atoms with Gasteiger partial charge in [-0.1, -0.05) is 0 Å². The molecule has 17 heavy (non-hydrogen) atoms. The van der Waals surface area contributed by atoms with Crippen LogP contribution in [0.3, 0.4) is 0 Å². The average Bonchev–Trinajstić information content (AvgIpc) is 2.28. The first-order valence-corrected chi connectivity index (χ1v) is 5.30. The smallest absolute Gasteiger partial charge is 0.236 e. The lowest BCUT2D eigenvalue weighted by Crippen LogP contribution is -2.34. The highest BCUT2D eigenvalue weighted by Gasteiger charge is 2.13. The van der Waals surface area contributed by atoms with Gasteiger partial charge < -0.3 is 10.2 Å². The van der Waals surface area contributed by atoms with Gasteiger partial charge in [0.05, 0.1) is 6.54 Å². The van der Waals surface area contributed by atoms with Crippen LogP contribution in [0.25, 0.3) is 0 Å². The van der Waals surface area contributed by atoms with Crippen LogP contribution in [-0.4, -0.2) is 31.4 Å². The second-order valence-electron chi connectivity index (χ2n) is 4.06. The fourth-order valence-electron chi connectivity index (χ4n) is 1.35. The number of rotatable bonds is 4. The normalized spacial score (nSPS) is 12.3. The lowest BCUT2D eigenvalue weighted by molar-refractivity contribution is -0.127. The van der Waals surface area contributed by atoms with Crippen molar-refractivity contribution in [2.75, 3.05) is 20.6 Å². The van der Waals surface area contributed by atoms with E-state index in [-0.39, 0.29) is 18.0 Å². The molecular formula is C12H16F2N2O. The summed E-state index contributed by atoms with van der Waals surface area (Å²) in [6, 6.07) is 2.86. The number of halogens is 2. The summed E-state index contributed by atoms with van der Waals surface area (Å²) >= 11 is 0. The van der Waals surface area contributed by atoms with Crippen molar-refractivity contribution >= 4 is 5.91 Å². The molecule has 0 fully saturated rings. The Balaban J connectivity index is 2.67. The van der Waals surface area contributed by atoms with Crippen molar-refractivity contribution < 1.29 is 13.6 Å². The third kappa shape index (κ3) is 3.78. The van der Waals surface area contributed by atoms with E-state index in [1.165, 1.54) is 4.90 Å². The van der Waals surface area contributed by atoms with Crippen molar-refractivity contribution in [3.63, 3.8) is 0 Å². The molecule has 1 N–H and O–H groups in total. The first kappa shape index (κ1) is 13.6. The van der Waals surface area contributed by atoms with Gasteiger partial charge in [-0.15, -0.1) is 0 Å². The van der Waals surface area contributed by atoms with E-state index in [9.17, 15) is 13.6 Å². The number of nitrogens with one attached hydrogen (secondary N) is 1. The topological polar surface area (TPSA) is 32.3 Å². The SMILES string of the molecule is CC(NCC(=O)N(C)C)c1cc(F)ccc1F. The van der Waals surface area contributed by atoms with Crippen LogP contribution in [0.1, 0.15) is 18.5 Å². The Morgan fingerprint density at radius 1 is 1.41 bits per heavy atom. The zero-order chi connectivity index (χ0) is 13.0. The van der Waals surface area contributed by atoms with Crippen LogP contribution >= 0.6 is 0 Å². The van der Waals surface area contributed by atoms with Crippen LogP contribution in [0.2, 0.25) is 0 Å². The molecule has 0 aliphatic heterocycles. The van der Waals surface area contributed by atoms with E-state index >= 15 is 0 Å². The molecule has 1 atom stereocenters. The zero-order valence-corrected chi connectivity index (χ0v) is 10.1. The molecule has 1 amide bonds. The van der Waals surface area contributed by atoms with Gasteiger partial charge in [0.2, 0.25) is 5.91 Å². The molecule has 0 saturated heterocycles.